The van der Waals surface area contributed by atoms with Gasteiger partial charge in [-0.05, 0) is 36.8 Å². The summed E-state index contributed by atoms with van der Waals surface area (Å²) in [6.45, 7) is 2.76. The van der Waals surface area contributed by atoms with Crippen LogP contribution in [-0.4, -0.2) is 14.9 Å². The molecule has 3 aromatic rings. The standard InChI is InChI=1S/C17H15N5/c1-14-3-2-4-16(9-14)11-22(21-12-19-20-13-21)17-7-5-15(10-18)6-8-17/h2-9,12-13H,11H2,1H3. The minimum absolute atomic E-state index is 0.642. The predicted octanol–water partition coefficient (Wildman–Crippen LogP) is 2.93. The molecule has 1 aromatic heterocycles. The number of aromatic nitrogens is 3. The zero-order chi connectivity index (χ0) is 15.4. The van der Waals surface area contributed by atoms with Gasteiger partial charge in [-0.15, -0.1) is 10.2 Å². The minimum atomic E-state index is 0.642. The number of nitriles is 1. The van der Waals surface area contributed by atoms with Crippen LogP contribution in [0, 0.1) is 18.3 Å². The van der Waals surface area contributed by atoms with Crippen molar-refractivity contribution in [1.29, 1.82) is 5.26 Å². The monoisotopic (exact) mass is 289 g/mol. The molecule has 3 rings (SSSR count). The summed E-state index contributed by atoms with van der Waals surface area (Å²) < 4.78 is 1.84. The molecule has 5 heteroatoms. The predicted molar refractivity (Wildman–Crippen MR) is 83.9 cm³/mol. The molecule has 0 atom stereocenters. The van der Waals surface area contributed by atoms with Gasteiger partial charge in [0.15, 0.2) is 0 Å². The maximum absolute atomic E-state index is 8.93. The molecule has 0 fully saturated rings. The molecular formula is C17H15N5. The first kappa shape index (κ1) is 13.8. The van der Waals surface area contributed by atoms with Gasteiger partial charge in [0.05, 0.1) is 23.9 Å². The lowest BCUT2D eigenvalue weighted by Crippen LogP contribution is -2.27. The van der Waals surface area contributed by atoms with Crippen LogP contribution >= 0.6 is 0 Å². The Hall–Kier alpha value is -3.13. The van der Waals surface area contributed by atoms with E-state index in [1.165, 1.54) is 11.1 Å². The van der Waals surface area contributed by atoms with Gasteiger partial charge in [-0.1, -0.05) is 29.8 Å². The Morgan fingerprint density at radius 1 is 1.09 bits per heavy atom. The summed E-state index contributed by atoms with van der Waals surface area (Å²) in [6.07, 6.45) is 3.32. The number of nitrogens with zero attached hydrogens (tertiary/aromatic N) is 5. The van der Waals surface area contributed by atoms with E-state index in [1.54, 1.807) is 12.7 Å². The van der Waals surface area contributed by atoms with Crippen LogP contribution in [0.3, 0.4) is 0 Å². The Morgan fingerprint density at radius 3 is 2.45 bits per heavy atom. The Kier molecular flexibility index (Phi) is 3.84. The second-order valence-electron chi connectivity index (χ2n) is 5.05. The summed E-state index contributed by atoms with van der Waals surface area (Å²) in [4.78, 5) is 0. The Bertz CT molecular complexity index is 785. The summed E-state index contributed by atoms with van der Waals surface area (Å²) in [5, 5.41) is 18.7. The summed E-state index contributed by atoms with van der Waals surface area (Å²) in [7, 11) is 0. The second-order valence-corrected chi connectivity index (χ2v) is 5.05. The van der Waals surface area contributed by atoms with Crippen molar-refractivity contribution in [2.75, 3.05) is 5.01 Å². The Balaban J connectivity index is 1.95. The van der Waals surface area contributed by atoms with Crippen molar-refractivity contribution in [1.82, 2.24) is 14.9 Å². The van der Waals surface area contributed by atoms with E-state index in [-0.39, 0.29) is 0 Å². The van der Waals surface area contributed by atoms with Gasteiger partial charge in [-0.25, -0.2) is 4.68 Å². The van der Waals surface area contributed by atoms with Crippen molar-refractivity contribution in [2.24, 2.45) is 0 Å². The molecule has 22 heavy (non-hydrogen) atoms. The van der Waals surface area contributed by atoms with Crippen LogP contribution in [-0.2, 0) is 6.54 Å². The van der Waals surface area contributed by atoms with Gasteiger partial charge in [0.1, 0.15) is 12.7 Å². The minimum Gasteiger partial charge on any atom is -0.274 e. The SMILES string of the molecule is Cc1cccc(CN(c2ccc(C#N)cc2)n2cnnc2)c1. The lowest BCUT2D eigenvalue weighted by molar-refractivity contribution is 0.685. The smallest absolute Gasteiger partial charge is 0.139 e. The van der Waals surface area contributed by atoms with Crippen LogP contribution in [0.15, 0.2) is 61.2 Å². The third-order valence-electron chi connectivity index (χ3n) is 3.39. The van der Waals surface area contributed by atoms with Crippen molar-refractivity contribution in [3.63, 3.8) is 0 Å². The maximum Gasteiger partial charge on any atom is 0.139 e. The fourth-order valence-corrected chi connectivity index (χ4v) is 2.32. The number of benzene rings is 2. The van der Waals surface area contributed by atoms with Gasteiger partial charge in [0.2, 0.25) is 0 Å². The summed E-state index contributed by atoms with van der Waals surface area (Å²) in [5.74, 6) is 0. The lowest BCUT2D eigenvalue weighted by Gasteiger charge is -2.25. The zero-order valence-corrected chi connectivity index (χ0v) is 12.2. The van der Waals surface area contributed by atoms with Crippen molar-refractivity contribution < 1.29 is 0 Å². The maximum atomic E-state index is 8.93. The molecular weight excluding hydrogens is 274 g/mol. The molecule has 1 heterocycles. The number of aryl methyl sites for hydroxylation is 1. The molecule has 0 saturated carbocycles. The Morgan fingerprint density at radius 2 is 1.82 bits per heavy atom. The van der Waals surface area contributed by atoms with Crippen molar-refractivity contribution in [2.45, 2.75) is 13.5 Å². The third kappa shape index (κ3) is 2.96. The molecule has 0 aliphatic rings. The van der Waals surface area contributed by atoms with E-state index in [0.717, 1.165) is 5.69 Å². The third-order valence-corrected chi connectivity index (χ3v) is 3.39. The highest BCUT2D eigenvalue weighted by Gasteiger charge is 2.10. The first-order valence-corrected chi connectivity index (χ1v) is 6.94. The molecule has 2 aromatic carbocycles. The number of rotatable bonds is 4. The first-order valence-electron chi connectivity index (χ1n) is 6.94. The van der Waals surface area contributed by atoms with Gasteiger partial charge >= 0.3 is 0 Å². The van der Waals surface area contributed by atoms with E-state index in [9.17, 15) is 0 Å². The normalized spacial score (nSPS) is 10.2. The summed E-state index contributed by atoms with van der Waals surface area (Å²) in [5.41, 5.74) is 4.03. The fourth-order valence-electron chi connectivity index (χ4n) is 2.32. The highest BCUT2D eigenvalue weighted by molar-refractivity contribution is 5.49. The summed E-state index contributed by atoms with van der Waals surface area (Å²) >= 11 is 0. The molecule has 0 amide bonds. The summed E-state index contributed by atoms with van der Waals surface area (Å²) in [6, 6.07) is 18.0. The number of hydrogen-bond donors (Lipinski definition) is 0. The zero-order valence-electron chi connectivity index (χ0n) is 12.2. The van der Waals surface area contributed by atoms with Crippen molar-refractivity contribution in [3.8, 4) is 6.07 Å². The average Bonchev–Trinajstić information content (AvgIpc) is 3.07. The van der Waals surface area contributed by atoms with E-state index >= 15 is 0 Å². The first-order chi connectivity index (χ1) is 10.8. The molecule has 0 unspecified atom stereocenters. The second kappa shape index (κ2) is 6.10. The van der Waals surface area contributed by atoms with E-state index in [2.05, 4.69) is 46.4 Å². The van der Waals surface area contributed by atoms with Gasteiger partial charge in [-0.3, -0.25) is 5.01 Å². The highest BCUT2D eigenvalue weighted by Crippen LogP contribution is 2.19. The largest absolute Gasteiger partial charge is 0.274 e. The van der Waals surface area contributed by atoms with Crippen LogP contribution in [0.4, 0.5) is 5.69 Å². The van der Waals surface area contributed by atoms with Crippen LogP contribution < -0.4 is 5.01 Å². The van der Waals surface area contributed by atoms with Gasteiger partial charge in [0, 0.05) is 0 Å². The molecule has 0 radical (unpaired) electrons. The lowest BCUT2D eigenvalue weighted by atomic mass is 10.1. The van der Waals surface area contributed by atoms with E-state index in [0.29, 0.717) is 12.1 Å². The average molecular weight is 289 g/mol. The number of anilines is 1. The molecule has 0 bridgehead atoms. The van der Waals surface area contributed by atoms with Gasteiger partial charge in [-0.2, -0.15) is 5.26 Å². The molecule has 0 aliphatic carbocycles. The molecule has 108 valence electrons. The van der Waals surface area contributed by atoms with Crippen molar-refractivity contribution in [3.05, 3.63) is 77.9 Å². The van der Waals surface area contributed by atoms with Gasteiger partial charge < -0.3 is 0 Å². The molecule has 0 N–H and O–H groups in total. The van der Waals surface area contributed by atoms with E-state index < -0.39 is 0 Å². The highest BCUT2D eigenvalue weighted by atomic mass is 15.6. The van der Waals surface area contributed by atoms with Crippen LogP contribution in [0.5, 0.6) is 0 Å². The van der Waals surface area contributed by atoms with Crippen LogP contribution in [0.1, 0.15) is 16.7 Å². The number of hydrogen-bond acceptors (Lipinski definition) is 4. The van der Waals surface area contributed by atoms with Crippen molar-refractivity contribution >= 4 is 5.69 Å². The molecule has 5 nitrogen and oxygen atoms in total. The molecule has 0 saturated heterocycles. The van der Waals surface area contributed by atoms with Crippen LogP contribution in [0.2, 0.25) is 0 Å². The topological polar surface area (TPSA) is 57.7 Å². The molecule has 0 aliphatic heterocycles. The van der Waals surface area contributed by atoms with E-state index in [1.807, 2.05) is 35.0 Å². The fraction of sp³-hybridized carbons (Fsp3) is 0.118. The van der Waals surface area contributed by atoms with E-state index in [4.69, 9.17) is 5.26 Å². The van der Waals surface area contributed by atoms with Crippen LogP contribution in [0.25, 0.3) is 0 Å². The molecule has 0 spiro atoms. The Labute approximate surface area is 129 Å². The quantitative estimate of drug-likeness (QED) is 0.741. The van der Waals surface area contributed by atoms with Gasteiger partial charge in [0.25, 0.3) is 0 Å².